The molecule has 1 atom stereocenters. The van der Waals surface area contributed by atoms with Gasteiger partial charge < -0.3 is 10.4 Å². The highest BCUT2D eigenvalue weighted by Gasteiger charge is 2.38. The summed E-state index contributed by atoms with van der Waals surface area (Å²) in [5, 5.41) is 29.7. The van der Waals surface area contributed by atoms with Crippen LogP contribution in [0.3, 0.4) is 0 Å². The topological polar surface area (TPSA) is 125 Å². The Hall–Kier alpha value is -4.18. The normalized spacial score (nSPS) is 14.1. The molecule has 33 heavy (non-hydrogen) atoms. The fourth-order valence-electron chi connectivity index (χ4n) is 3.76. The third-order valence-corrected chi connectivity index (χ3v) is 6.25. The largest absolute Gasteiger partial charge is 0.502 e. The van der Waals surface area contributed by atoms with E-state index in [1.165, 1.54) is 23.9 Å². The van der Waals surface area contributed by atoms with Crippen LogP contribution < -0.4 is 15.6 Å². The molecule has 0 amide bonds. The van der Waals surface area contributed by atoms with Crippen molar-refractivity contribution in [2.45, 2.75) is 17.1 Å². The van der Waals surface area contributed by atoms with E-state index in [0.717, 1.165) is 5.56 Å². The number of aromatic amines is 1. The molecule has 0 radical (unpaired) electrons. The molecule has 0 saturated heterocycles. The van der Waals surface area contributed by atoms with E-state index in [1.54, 1.807) is 10.7 Å². The van der Waals surface area contributed by atoms with E-state index in [0.29, 0.717) is 33.4 Å². The van der Waals surface area contributed by atoms with Crippen LogP contribution in [-0.2, 0) is 5.75 Å². The molecule has 0 fully saturated rings. The third kappa shape index (κ3) is 3.92. The molecule has 1 aromatic heterocycles. The first kappa shape index (κ1) is 20.7. The lowest BCUT2D eigenvalue weighted by Gasteiger charge is -2.22. The first-order valence-electron chi connectivity index (χ1n) is 10.1. The molecular weight excluding hydrogens is 442 g/mol. The first-order chi connectivity index (χ1) is 16.0. The number of aromatic hydroxyl groups is 1. The van der Waals surface area contributed by atoms with Gasteiger partial charge in [-0.1, -0.05) is 54.2 Å². The highest BCUT2D eigenvalue weighted by molar-refractivity contribution is 7.98. The number of fused-ring (bicyclic) bond motifs is 3. The number of H-pyrrole nitrogens is 1. The summed E-state index contributed by atoms with van der Waals surface area (Å²) in [7, 11) is 0. The predicted octanol–water partition coefficient (Wildman–Crippen LogP) is 3.60. The standard InChI is InChI=1S/C23H17N5O4S/c29-19-11-10-15(12-18(19)28(31)32)21-24-17-9-5-4-8-16(17)20-22(30)25-23(26-27(20)21)33-13-14-6-2-1-3-7-14/h1-12,21H,13H2,(H2,25,26,29,30)/p+1/t21-/m0/s1. The van der Waals surface area contributed by atoms with Crippen LogP contribution in [0.5, 0.6) is 5.75 Å². The van der Waals surface area contributed by atoms with Crippen LogP contribution in [-0.4, -0.2) is 20.1 Å². The lowest BCUT2D eigenvalue weighted by atomic mass is 10.0. The van der Waals surface area contributed by atoms with Crippen LogP contribution in [0.1, 0.15) is 17.3 Å². The average Bonchev–Trinajstić information content (AvgIpc) is 2.83. The number of nitro groups is 1. The van der Waals surface area contributed by atoms with Crippen molar-refractivity contribution < 1.29 is 14.7 Å². The number of anilines is 1. The lowest BCUT2D eigenvalue weighted by molar-refractivity contribution is -0.759. The number of nitro benzene ring substituents is 1. The summed E-state index contributed by atoms with van der Waals surface area (Å²) >= 11 is 1.39. The summed E-state index contributed by atoms with van der Waals surface area (Å²) in [5.74, 6) is 0.186. The first-order valence-corrected chi connectivity index (χ1v) is 11.1. The minimum atomic E-state index is -0.687. The van der Waals surface area contributed by atoms with Crippen LogP contribution in [0, 0.1) is 10.1 Å². The quantitative estimate of drug-likeness (QED) is 0.180. The summed E-state index contributed by atoms with van der Waals surface area (Å²) in [6.07, 6.45) is -0.687. The minimum absolute atomic E-state index is 0.312. The average molecular weight is 460 g/mol. The molecular formula is C23H18N5O4S+. The van der Waals surface area contributed by atoms with Crippen molar-refractivity contribution in [1.29, 1.82) is 0 Å². The summed E-state index contributed by atoms with van der Waals surface area (Å²) < 4.78 is 1.55. The van der Waals surface area contributed by atoms with Crippen LogP contribution >= 0.6 is 11.8 Å². The monoisotopic (exact) mass is 460 g/mol. The molecule has 0 bridgehead atoms. The van der Waals surface area contributed by atoms with Gasteiger partial charge in [0.2, 0.25) is 5.16 Å². The number of aromatic nitrogens is 3. The van der Waals surface area contributed by atoms with Crippen molar-refractivity contribution in [2.75, 3.05) is 5.32 Å². The molecule has 4 aromatic rings. The van der Waals surface area contributed by atoms with Crippen molar-refractivity contribution in [1.82, 2.24) is 10.1 Å². The fourth-order valence-corrected chi connectivity index (χ4v) is 4.57. The van der Waals surface area contributed by atoms with Gasteiger partial charge in [0.15, 0.2) is 5.75 Å². The maximum Gasteiger partial charge on any atom is 0.325 e. The molecule has 3 aromatic carbocycles. The molecule has 10 heteroatoms. The van der Waals surface area contributed by atoms with Gasteiger partial charge in [0, 0.05) is 16.9 Å². The summed E-state index contributed by atoms with van der Waals surface area (Å²) in [6, 6.07) is 21.3. The molecule has 164 valence electrons. The van der Waals surface area contributed by atoms with E-state index < -0.39 is 22.5 Å². The Kier molecular flexibility index (Phi) is 5.27. The van der Waals surface area contributed by atoms with Gasteiger partial charge in [-0.2, -0.15) is 0 Å². The number of benzene rings is 3. The van der Waals surface area contributed by atoms with Gasteiger partial charge >= 0.3 is 16.9 Å². The maximum atomic E-state index is 13.2. The molecule has 9 nitrogen and oxygen atoms in total. The van der Waals surface area contributed by atoms with E-state index >= 15 is 0 Å². The smallest absolute Gasteiger partial charge is 0.325 e. The fraction of sp³-hybridized carbons (Fsp3) is 0.0870. The maximum absolute atomic E-state index is 13.2. The van der Waals surface area contributed by atoms with Crippen LogP contribution in [0.15, 0.2) is 82.7 Å². The molecule has 0 aliphatic carbocycles. The van der Waals surface area contributed by atoms with Crippen molar-refractivity contribution in [3.63, 3.8) is 0 Å². The van der Waals surface area contributed by atoms with Crippen LogP contribution in [0.4, 0.5) is 11.4 Å². The van der Waals surface area contributed by atoms with Crippen molar-refractivity contribution in [3.8, 4) is 17.0 Å². The predicted molar refractivity (Wildman–Crippen MR) is 123 cm³/mol. The zero-order valence-corrected chi connectivity index (χ0v) is 18.0. The second kappa shape index (κ2) is 8.40. The number of nitrogens with one attached hydrogen (secondary N) is 2. The van der Waals surface area contributed by atoms with E-state index in [1.807, 2.05) is 54.6 Å². The number of hydrogen-bond acceptors (Lipinski definition) is 7. The number of phenols is 1. The SMILES string of the molecule is O=c1[nH]c(SCc2ccccc2)n[n+]2c1-c1ccccc1N[C@@H]2c1ccc(O)c([N+](=O)[O-])c1. The second-order valence-electron chi connectivity index (χ2n) is 7.42. The van der Waals surface area contributed by atoms with Gasteiger partial charge in [0.25, 0.3) is 6.17 Å². The number of hydrogen-bond donors (Lipinski definition) is 3. The highest BCUT2D eigenvalue weighted by Crippen LogP contribution is 2.34. The van der Waals surface area contributed by atoms with Gasteiger partial charge in [-0.3, -0.25) is 19.9 Å². The Labute approximate surface area is 191 Å². The summed E-state index contributed by atoms with van der Waals surface area (Å²) in [6.45, 7) is 0. The molecule has 5 rings (SSSR count). The number of rotatable bonds is 5. The second-order valence-corrected chi connectivity index (χ2v) is 8.39. The summed E-state index contributed by atoms with van der Waals surface area (Å²) in [4.78, 5) is 26.7. The van der Waals surface area contributed by atoms with E-state index in [9.17, 15) is 20.0 Å². The molecule has 0 unspecified atom stereocenters. The molecule has 0 saturated carbocycles. The van der Waals surface area contributed by atoms with E-state index in [2.05, 4.69) is 15.4 Å². The van der Waals surface area contributed by atoms with Gasteiger partial charge in [0.05, 0.1) is 21.7 Å². The van der Waals surface area contributed by atoms with E-state index in [4.69, 9.17) is 0 Å². The Morgan fingerprint density at radius 3 is 2.64 bits per heavy atom. The van der Waals surface area contributed by atoms with Crippen LogP contribution in [0.2, 0.25) is 0 Å². The van der Waals surface area contributed by atoms with E-state index in [-0.39, 0.29) is 5.56 Å². The zero-order valence-electron chi connectivity index (χ0n) is 17.1. The Morgan fingerprint density at radius 1 is 1.09 bits per heavy atom. The van der Waals surface area contributed by atoms with Crippen molar-refractivity contribution in [3.05, 3.63) is 104 Å². The Bertz CT molecular complexity index is 1420. The van der Waals surface area contributed by atoms with Gasteiger partial charge in [0.1, 0.15) is 0 Å². The van der Waals surface area contributed by atoms with Gasteiger partial charge in [-0.05, 0) is 34.5 Å². The Morgan fingerprint density at radius 2 is 1.85 bits per heavy atom. The third-order valence-electron chi connectivity index (χ3n) is 5.31. The molecule has 1 aliphatic heterocycles. The molecule has 1 aliphatic rings. The number of nitrogens with zero attached hydrogens (tertiary/aromatic N) is 3. The molecule has 2 heterocycles. The molecule has 0 spiro atoms. The number of thioether (sulfide) groups is 1. The van der Waals surface area contributed by atoms with Crippen molar-refractivity contribution >= 4 is 23.1 Å². The molecule has 3 N–H and O–H groups in total. The zero-order chi connectivity index (χ0) is 22.9. The lowest BCUT2D eigenvalue weighted by Crippen LogP contribution is -2.55. The Balaban J connectivity index is 1.62. The highest BCUT2D eigenvalue weighted by atomic mass is 32.2. The number of para-hydroxylation sites is 1. The van der Waals surface area contributed by atoms with Gasteiger partial charge in [-0.15, -0.1) is 0 Å². The number of phenolic OH excluding ortho intramolecular Hbond substituents is 1. The minimum Gasteiger partial charge on any atom is -0.502 e. The van der Waals surface area contributed by atoms with Gasteiger partial charge in [-0.25, -0.2) is 0 Å². The van der Waals surface area contributed by atoms with Crippen molar-refractivity contribution in [2.24, 2.45) is 0 Å². The van der Waals surface area contributed by atoms with Crippen LogP contribution in [0.25, 0.3) is 11.3 Å². The summed E-state index contributed by atoms with van der Waals surface area (Å²) in [5.41, 5.74) is 2.56.